The number of amides is 1. The molecule has 7 heteroatoms. The Morgan fingerprint density at radius 2 is 1.86 bits per heavy atom. The number of rotatable bonds is 9. The fourth-order valence-corrected chi connectivity index (χ4v) is 3.85. The van der Waals surface area contributed by atoms with E-state index in [0.717, 1.165) is 37.4 Å². The summed E-state index contributed by atoms with van der Waals surface area (Å²) in [7, 11) is 0. The maximum atomic E-state index is 14.4. The number of nitrogens with one attached hydrogen (secondary N) is 1. The van der Waals surface area contributed by atoms with E-state index < -0.39 is 5.82 Å². The van der Waals surface area contributed by atoms with E-state index in [4.69, 9.17) is 0 Å². The number of hydrogen-bond donors (Lipinski definition) is 1. The quantitative estimate of drug-likeness (QED) is 0.322. The van der Waals surface area contributed by atoms with Crippen molar-refractivity contribution in [1.82, 2.24) is 14.9 Å². The molecule has 0 radical (unpaired) electrons. The molecule has 0 aliphatic rings. The predicted molar refractivity (Wildman–Crippen MR) is 115 cm³/mol. The number of unbranched alkanes of at least 4 members (excludes halogenated alkanes) is 3. The largest absolute Gasteiger partial charge is 0.355 e. The van der Waals surface area contributed by atoms with E-state index in [2.05, 4.69) is 17.2 Å². The number of nitrogens with zero attached hydrogens (tertiary/aromatic N) is 2. The molecular weight excluding hydrogens is 389 g/mol. The fraction of sp³-hybridized carbons (Fsp3) is 0.318. The second-order valence-electron chi connectivity index (χ2n) is 6.70. The van der Waals surface area contributed by atoms with Crippen LogP contribution in [0.4, 0.5) is 4.39 Å². The van der Waals surface area contributed by atoms with Gasteiger partial charge in [0.25, 0.3) is 5.56 Å². The predicted octanol–water partition coefficient (Wildman–Crippen LogP) is 4.31. The van der Waals surface area contributed by atoms with E-state index in [1.807, 2.05) is 0 Å². The van der Waals surface area contributed by atoms with Gasteiger partial charge in [0.2, 0.25) is 5.91 Å². The van der Waals surface area contributed by atoms with Crippen molar-refractivity contribution in [1.29, 1.82) is 0 Å². The standard InChI is InChI=1S/C22H24FN3O2S/c1-2-3-4-9-14-24-20(27)15-29-22-25-18-12-7-5-10-16(18)21(28)26(22)19-13-8-6-11-17(19)23/h5-8,10-13H,2-4,9,14-15H2,1H3,(H,24,27). The number of carbonyl (C=O) groups is 1. The number of fused-ring (bicyclic) bond motifs is 1. The van der Waals surface area contributed by atoms with Crippen molar-refractivity contribution in [3.05, 3.63) is 64.7 Å². The summed E-state index contributed by atoms with van der Waals surface area (Å²) in [4.78, 5) is 29.8. The molecule has 152 valence electrons. The molecule has 1 N–H and O–H groups in total. The van der Waals surface area contributed by atoms with E-state index in [9.17, 15) is 14.0 Å². The summed E-state index contributed by atoms with van der Waals surface area (Å²) in [5, 5.41) is 3.58. The Balaban J connectivity index is 1.85. The van der Waals surface area contributed by atoms with Gasteiger partial charge in [-0.15, -0.1) is 0 Å². The van der Waals surface area contributed by atoms with Crippen molar-refractivity contribution in [3.63, 3.8) is 0 Å². The zero-order valence-electron chi connectivity index (χ0n) is 16.4. The van der Waals surface area contributed by atoms with Crippen molar-refractivity contribution < 1.29 is 9.18 Å². The van der Waals surface area contributed by atoms with Gasteiger partial charge >= 0.3 is 0 Å². The molecule has 1 aromatic heterocycles. The molecule has 0 fully saturated rings. The maximum Gasteiger partial charge on any atom is 0.266 e. The van der Waals surface area contributed by atoms with E-state index in [-0.39, 0.29) is 22.9 Å². The van der Waals surface area contributed by atoms with Crippen LogP contribution in [0, 0.1) is 5.82 Å². The van der Waals surface area contributed by atoms with E-state index in [1.54, 1.807) is 36.4 Å². The Bertz CT molecular complexity index is 1050. The molecule has 0 aliphatic heterocycles. The molecule has 0 spiro atoms. The summed E-state index contributed by atoms with van der Waals surface area (Å²) in [6.45, 7) is 2.77. The van der Waals surface area contributed by atoms with Crippen LogP contribution in [-0.4, -0.2) is 27.8 Å². The molecule has 0 bridgehead atoms. The topological polar surface area (TPSA) is 64.0 Å². The highest BCUT2D eigenvalue weighted by Gasteiger charge is 2.16. The Morgan fingerprint density at radius 3 is 2.66 bits per heavy atom. The first-order valence-corrected chi connectivity index (χ1v) is 10.8. The lowest BCUT2D eigenvalue weighted by atomic mass is 10.2. The molecule has 0 aliphatic carbocycles. The number of aromatic nitrogens is 2. The average molecular weight is 414 g/mol. The summed E-state index contributed by atoms with van der Waals surface area (Å²) < 4.78 is 15.7. The first kappa shape index (κ1) is 21.0. The molecular formula is C22H24FN3O2S. The zero-order valence-corrected chi connectivity index (χ0v) is 17.2. The Morgan fingerprint density at radius 1 is 1.10 bits per heavy atom. The monoisotopic (exact) mass is 413 g/mol. The summed E-state index contributed by atoms with van der Waals surface area (Å²) in [5.41, 5.74) is 0.286. The molecule has 1 heterocycles. The summed E-state index contributed by atoms with van der Waals surface area (Å²) in [6.07, 6.45) is 4.33. The molecule has 1 amide bonds. The van der Waals surface area contributed by atoms with Crippen molar-refractivity contribution in [2.24, 2.45) is 0 Å². The fourth-order valence-electron chi connectivity index (χ4n) is 3.02. The van der Waals surface area contributed by atoms with Gasteiger partial charge in [0.15, 0.2) is 5.16 Å². The zero-order chi connectivity index (χ0) is 20.6. The van der Waals surface area contributed by atoms with Crippen LogP contribution in [0.25, 0.3) is 16.6 Å². The number of halogens is 1. The van der Waals surface area contributed by atoms with Gasteiger partial charge in [0.05, 0.1) is 22.3 Å². The third-order valence-electron chi connectivity index (χ3n) is 4.52. The second-order valence-corrected chi connectivity index (χ2v) is 7.65. The number of carbonyl (C=O) groups excluding carboxylic acids is 1. The molecule has 3 aromatic rings. The van der Waals surface area contributed by atoms with Crippen LogP contribution in [0.3, 0.4) is 0 Å². The van der Waals surface area contributed by atoms with Crippen molar-refractivity contribution in [3.8, 4) is 5.69 Å². The van der Waals surface area contributed by atoms with E-state index in [0.29, 0.717) is 22.6 Å². The van der Waals surface area contributed by atoms with E-state index >= 15 is 0 Å². The molecule has 3 rings (SSSR count). The third-order valence-corrected chi connectivity index (χ3v) is 5.46. The van der Waals surface area contributed by atoms with Crippen molar-refractivity contribution in [2.75, 3.05) is 12.3 Å². The average Bonchev–Trinajstić information content (AvgIpc) is 2.73. The van der Waals surface area contributed by atoms with Crippen LogP contribution in [0.2, 0.25) is 0 Å². The van der Waals surface area contributed by atoms with Crippen molar-refractivity contribution >= 4 is 28.6 Å². The van der Waals surface area contributed by atoms with Crippen LogP contribution in [-0.2, 0) is 4.79 Å². The molecule has 2 aromatic carbocycles. The lowest BCUT2D eigenvalue weighted by Gasteiger charge is -2.13. The highest BCUT2D eigenvalue weighted by Crippen LogP contribution is 2.22. The number of hydrogen-bond acceptors (Lipinski definition) is 4. The lowest BCUT2D eigenvalue weighted by molar-refractivity contribution is -0.118. The third kappa shape index (κ3) is 5.23. The van der Waals surface area contributed by atoms with Crippen molar-refractivity contribution in [2.45, 2.75) is 37.8 Å². The van der Waals surface area contributed by atoms with Crippen LogP contribution in [0.15, 0.2) is 58.5 Å². The summed E-state index contributed by atoms with van der Waals surface area (Å²) in [5.74, 6) is -0.546. The van der Waals surface area contributed by atoms with E-state index in [1.165, 1.54) is 16.7 Å². The minimum absolute atomic E-state index is 0.104. The molecule has 29 heavy (non-hydrogen) atoms. The number of para-hydroxylation sites is 2. The summed E-state index contributed by atoms with van der Waals surface area (Å²) in [6, 6.07) is 13.0. The van der Waals surface area contributed by atoms with Gasteiger partial charge < -0.3 is 5.32 Å². The van der Waals surface area contributed by atoms with Crippen LogP contribution < -0.4 is 10.9 Å². The minimum atomic E-state index is -0.520. The van der Waals surface area contributed by atoms with Gasteiger partial charge in [-0.3, -0.25) is 14.2 Å². The first-order valence-electron chi connectivity index (χ1n) is 9.78. The Labute approximate surface area is 173 Å². The smallest absolute Gasteiger partial charge is 0.266 e. The Kier molecular flexibility index (Phi) is 7.41. The highest BCUT2D eigenvalue weighted by molar-refractivity contribution is 7.99. The number of thioether (sulfide) groups is 1. The number of benzene rings is 2. The van der Waals surface area contributed by atoms with Gasteiger partial charge in [0.1, 0.15) is 5.82 Å². The lowest BCUT2D eigenvalue weighted by Crippen LogP contribution is -2.27. The van der Waals surface area contributed by atoms with Gasteiger partial charge in [-0.2, -0.15) is 0 Å². The SMILES string of the molecule is CCCCCCNC(=O)CSc1nc2ccccc2c(=O)n1-c1ccccc1F. The highest BCUT2D eigenvalue weighted by atomic mass is 32.2. The van der Waals surface area contributed by atoms with Gasteiger partial charge in [0, 0.05) is 6.54 Å². The van der Waals surface area contributed by atoms with Crippen LogP contribution in [0.5, 0.6) is 0 Å². The minimum Gasteiger partial charge on any atom is -0.355 e. The van der Waals surface area contributed by atoms with Crippen LogP contribution in [0.1, 0.15) is 32.6 Å². The molecule has 5 nitrogen and oxygen atoms in total. The Hall–Kier alpha value is -2.67. The maximum absolute atomic E-state index is 14.4. The van der Waals surface area contributed by atoms with Crippen LogP contribution >= 0.6 is 11.8 Å². The molecule has 0 saturated heterocycles. The molecule has 0 atom stereocenters. The van der Waals surface area contributed by atoms with Gasteiger partial charge in [-0.05, 0) is 30.7 Å². The first-order chi connectivity index (χ1) is 14.1. The molecule has 0 saturated carbocycles. The molecule has 0 unspecified atom stereocenters. The summed E-state index contributed by atoms with van der Waals surface area (Å²) >= 11 is 1.13. The van der Waals surface area contributed by atoms with Gasteiger partial charge in [-0.1, -0.05) is 62.2 Å². The second kappa shape index (κ2) is 10.2. The van der Waals surface area contributed by atoms with Gasteiger partial charge in [-0.25, -0.2) is 9.37 Å². The normalized spacial score (nSPS) is 11.0.